The molecule has 5 aliphatic rings. The number of imide groups is 1. The van der Waals surface area contributed by atoms with Gasteiger partial charge in [-0.05, 0) is 56.1 Å². The standard InChI is InChI=1S/C22H24N2O4/c1-3-27-13-6-5-12(18(9-13)28-4-2)11-23-24-21(25)19-14-7-8-15(17-10-16(14)17)20(19)22(24)26/h5-9,11,14-17,19-20H,3-4,10H2,1-2H3/b23-11-/t14-,15-,16-,17+,19+,20+/m0/s1. The SMILES string of the molecule is CCOc1ccc(/C=N\N2C(=O)[C@@H]3[C@H]4C=C[C@@H]([C@@H]5C[C@H]45)[C@H]3C2=O)c(OCC)c1. The Labute approximate surface area is 164 Å². The third kappa shape index (κ3) is 2.50. The Hall–Kier alpha value is -2.63. The smallest absolute Gasteiger partial charge is 0.254 e. The lowest BCUT2D eigenvalue weighted by Crippen LogP contribution is -2.40. The molecule has 1 heterocycles. The summed E-state index contributed by atoms with van der Waals surface area (Å²) < 4.78 is 11.2. The van der Waals surface area contributed by atoms with Crippen LogP contribution in [0.4, 0.5) is 0 Å². The zero-order valence-electron chi connectivity index (χ0n) is 16.1. The van der Waals surface area contributed by atoms with Gasteiger partial charge >= 0.3 is 0 Å². The zero-order valence-corrected chi connectivity index (χ0v) is 16.1. The quantitative estimate of drug-likeness (QED) is 0.432. The third-order valence-electron chi connectivity index (χ3n) is 6.55. The van der Waals surface area contributed by atoms with Crippen molar-refractivity contribution in [2.24, 2.45) is 40.6 Å². The minimum atomic E-state index is -0.227. The van der Waals surface area contributed by atoms with Crippen LogP contribution in [0.3, 0.4) is 0 Å². The average molecular weight is 380 g/mol. The van der Waals surface area contributed by atoms with E-state index in [0.717, 1.165) is 11.4 Å². The average Bonchev–Trinajstić information content (AvgIpc) is 3.47. The van der Waals surface area contributed by atoms with Gasteiger partial charge in [-0.15, -0.1) is 0 Å². The number of amides is 2. The molecule has 3 fully saturated rings. The van der Waals surface area contributed by atoms with Gasteiger partial charge in [0.05, 0.1) is 31.3 Å². The summed E-state index contributed by atoms with van der Waals surface area (Å²) >= 11 is 0. The van der Waals surface area contributed by atoms with Gasteiger partial charge in [-0.25, -0.2) is 0 Å². The second-order valence-corrected chi connectivity index (χ2v) is 7.95. The van der Waals surface area contributed by atoms with Gasteiger partial charge in [-0.1, -0.05) is 12.2 Å². The first-order valence-corrected chi connectivity index (χ1v) is 10.1. The molecule has 1 saturated heterocycles. The topological polar surface area (TPSA) is 68.2 Å². The van der Waals surface area contributed by atoms with E-state index in [-0.39, 0.29) is 35.5 Å². The molecule has 6 nitrogen and oxygen atoms in total. The van der Waals surface area contributed by atoms with Crippen LogP contribution >= 0.6 is 0 Å². The van der Waals surface area contributed by atoms with E-state index in [1.807, 2.05) is 26.0 Å². The number of benzene rings is 1. The molecule has 1 aromatic rings. The molecule has 0 radical (unpaired) electrons. The minimum absolute atomic E-state index is 0.153. The summed E-state index contributed by atoms with van der Waals surface area (Å²) in [4.78, 5) is 26.0. The molecule has 146 valence electrons. The molecule has 6 heteroatoms. The summed E-state index contributed by atoms with van der Waals surface area (Å²) in [7, 11) is 0. The number of ether oxygens (including phenoxy) is 2. The van der Waals surface area contributed by atoms with E-state index in [0.29, 0.717) is 42.1 Å². The highest BCUT2D eigenvalue weighted by Crippen LogP contribution is 2.65. The van der Waals surface area contributed by atoms with Crippen molar-refractivity contribution in [2.45, 2.75) is 20.3 Å². The van der Waals surface area contributed by atoms with E-state index in [1.165, 1.54) is 0 Å². The van der Waals surface area contributed by atoms with E-state index in [4.69, 9.17) is 9.47 Å². The lowest BCUT2D eigenvalue weighted by Gasteiger charge is -2.37. The summed E-state index contributed by atoms with van der Waals surface area (Å²) in [5.41, 5.74) is 0.713. The van der Waals surface area contributed by atoms with Gasteiger partial charge in [0.25, 0.3) is 11.8 Å². The van der Waals surface area contributed by atoms with Crippen LogP contribution in [0.1, 0.15) is 25.8 Å². The predicted octanol–water partition coefficient (Wildman–Crippen LogP) is 2.87. The lowest BCUT2D eigenvalue weighted by atomic mass is 9.63. The van der Waals surface area contributed by atoms with Crippen molar-refractivity contribution in [2.75, 3.05) is 13.2 Å². The summed E-state index contributed by atoms with van der Waals surface area (Å²) in [5.74, 6) is 2.17. The van der Waals surface area contributed by atoms with E-state index >= 15 is 0 Å². The minimum Gasteiger partial charge on any atom is -0.494 e. The van der Waals surface area contributed by atoms with Gasteiger partial charge in [-0.2, -0.15) is 10.1 Å². The number of allylic oxidation sites excluding steroid dienone is 2. The molecule has 2 bridgehead atoms. The molecule has 0 spiro atoms. The number of carbonyl (C=O) groups excluding carboxylic acids is 2. The molecule has 2 amide bonds. The summed E-state index contributed by atoms with van der Waals surface area (Å²) in [6.07, 6.45) is 7.03. The molecule has 0 unspecified atom stereocenters. The van der Waals surface area contributed by atoms with Gasteiger partial charge in [0.1, 0.15) is 11.5 Å². The highest BCUT2D eigenvalue weighted by Gasteiger charge is 2.67. The summed E-state index contributed by atoms with van der Waals surface area (Å²) in [5, 5.41) is 5.39. The second-order valence-electron chi connectivity index (χ2n) is 7.95. The van der Waals surface area contributed by atoms with Crippen LogP contribution in [0.15, 0.2) is 35.5 Å². The number of hydrazone groups is 1. The molecular formula is C22H24N2O4. The third-order valence-corrected chi connectivity index (χ3v) is 6.55. The molecule has 1 aromatic carbocycles. The highest BCUT2D eigenvalue weighted by molar-refractivity contribution is 6.06. The first-order valence-electron chi connectivity index (χ1n) is 10.1. The van der Waals surface area contributed by atoms with Crippen LogP contribution in [0, 0.1) is 35.5 Å². The van der Waals surface area contributed by atoms with Crippen molar-refractivity contribution in [3.8, 4) is 11.5 Å². The van der Waals surface area contributed by atoms with E-state index in [1.54, 1.807) is 12.3 Å². The van der Waals surface area contributed by atoms with Crippen LogP contribution in [-0.4, -0.2) is 36.3 Å². The van der Waals surface area contributed by atoms with Gasteiger partial charge in [-0.3, -0.25) is 9.59 Å². The fourth-order valence-electron chi connectivity index (χ4n) is 5.33. The number of carbonyl (C=O) groups is 2. The number of hydrogen-bond donors (Lipinski definition) is 0. The second kappa shape index (κ2) is 6.47. The number of nitrogens with zero attached hydrogens (tertiary/aromatic N) is 2. The molecule has 6 rings (SSSR count). The largest absolute Gasteiger partial charge is 0.494 e. The van der Waals surface area contributed by atoms with Crippen molar-refractivity contribution < 1.29 is 19.1 Å². The van der Waals surface area contributed by atoms with Crippen molar-refractivity contribution >= 4 is 18.0 Å². The lowest BCUT2D eigenvalue weighted by molar-refractivity contribution is -0.140. The number of rotatable bonds is 6. The molecule has 0 aromatic heterocycles. The summed E-state index contributed by atoms with van der Waals surface area (Å²) in [6.45, 7) is 4.89. The van der Waals surface area contributed by atoms with E-state index in [2.05, 4.69) is 17.3 Å². The monoisotopic (exact) mass is 380 g/mol. The zero-order chi connectivity index (χ0) is 19.4. The van der Waals surface area contributed by atoms with E-state index in [9.17, 15) is 9.59 Å². The molecule has 1 aliphatic heterocycles. The van der Waals surface area contributed by atoms with Gasteiger partial charge < -0.3 is 9.47 Å². The maximum absolute atomic E-state index is 13.0. The molecule has 0 N–H and O–H groups in total. The van der Waals surface area contributed by atoms with Crippen LogP contribution < -0.4 is 9.47 Å². The van der Waals surface area contributed by atoms with Crippen LogP contribution in [0.5, 0.6) is 11.5 Å². The Bertz CT molecular complexity index is 857. The fourth-order valence-corrected chi connectivity index (χ4v) is 5.33. The Morgan fingerprint density at radius 1 is 1.04 bits per heavy atom. The van der Waals surface area contributed by atoms with Gasteiger partial charge in [0.15, 0.2) is 0 Å². The fraction of sp³-hybridized carbons (Fsp3) is 0.500. The molecule has 4 aliphatic carbocycles. The van der Waals surface area contributed by atoms with Crippen molar-refractivity contribution in [3.05, 3.63) is 35.9 Å². The first-order chi connectivity index (χ1) is 13.6. The van der Waals surface area contributed by atoms with E-state index < -0.39 is 0 Å². The Morgan fingerprint density at radius 3 is 2.29 bits per heavy atom. The molecular weight excluding hydrogens is 356 g/mol. The normalized spacial score (nSPS) is 34.7. The maximum Gasteiger partial charge on any atom is 0.254 e. The van der Waals surface area contributed by atoms with Crippen LogP contribution in [0.2, 0.25) is 0 Å². The predicted molar refractivity (Wildman–Crippen MR) is 103 cm³/mol. The van der Waals surface area contributed by atoms with Gasteiger partial charge in [0, 0.05) is 11.6 Å². The molecule has 28 heavy (non-hydrogen) atoms. The van der Waals surface area contributed by atoms with Crippen LogP contribution in [0.25, 0.3) is 0 Å². The van der Waals surface area contributed by atoms with Crippen molar-refractivity contribution in [3.63, 3.8) is 0 Å². The summed E-state index contributed by atoms with van der Waals surface area (Å²) in [6, 6.07) is 5.47. The van der Waals surface area contributed by atoms with Gasteiger partial charge in [0.2, 0.25) is 0 Å². The first kappa shape index (κ1) is 17.5. The van der Waals surface area contributed by atoms with Crippen molar-refractivity contribution in [1.29, 1.82) is 0 Å². The maximum atomic E-state index is 13.0. The Kier molecular flexibility index (Phi) is 4.03. The van der Waals surface area contributed by atoms with Crippen LogP contribution in [-0.2, 0) is 9.59 Å². The number of hydrogen-bond acceptors (Lipinski definition) is 5. The molecule has 6 atom stereocenters. The van der Waals surface area contributed by atoms with Crippen molar-refractivity contribution in [1.82, 2.24) is 5.01 Å². The highest BCUT2D eigenvalue weighted by atomic mass is 16.5. The Balaban J connectivity index is 1.40. The Morgan fingerprint density at radius 2 is 1.68 bits per heavy atom. The molecule has 2 saturated carbocycles.